The number of aromatic nitrogens is 3. The number of rotatable bonds is 4. The number of benzene rings is 1. The van der Waals surface area contributed by atoms with Crippen molar-refractivity contribution < 1.29 is 4.79 Å². The highest BCUT2D eigenvalue weighted by Gasteiger charge is 2.27. The van der Waals surface area contributed by atoms with Gasteiger partial charge in [-0.3, -0.25) is 14.8 Å². The zero-order valence-corrected chi connectivity index (χ0v) is 17.0. The summed E-state index contributed by atoms with van der Waals surface area (Å²) in [7, 11) is 0. The van der Waals surface area contributed by atoms with E-state index >= 15 is 0 Å². The molecule has 4 rings (SSSR count). The Morgan fingerprint density at radius 1 is 1.03 bits per heavy atom. The Labute approximate surface area is 171 Å². The normalized spacial score (nSPS) is 16.6. The van der Waals surface area contributed by atoms with Crippen LogP contribution in [0.25, 0.3) is 0 Å². The van der Waals surface area contributed by atoms with E-state index in [4.69, 9.17) is 4.98 Å². The highest BCUT2D eigenvalue weighted by atomic mass is 16.2. The van der Waals surface area contributed by atoms with Crippen LogP contribution in [0.5, 0.6) is 0 Å². The maximum Gasteiger partial charge on any atom is 0.274 e. The second kappa shape index (κ2) is 8.52. The molecular formula is C24H26N4O. The van der Waals surface area contributed by atoms with Crippen LogP contribution in [0.15, 0.2) is 54.9 Å². The predicted molar refractivity (Wildman–Crippen MR) is 113 cm³/mol. The molecule has 1 fully saturated rings. The third kappa shape index (κ3) is 4.67. The van der Waals surface area contributed by atoms with Crippen molar-refractivity contribution in [3.63, 3.8) is 0 Å². The summed E-state index contributed by atoms with van der Waals surface area (Å²) in [4.78, 5) is 28.0. The molecule has 0 N–H and O–H groups in total. The molecule has 0 spiro atoms. The largest absolute Gasteiger partial charge is 0.337 e. The van der Waals surface area contributed by atoms with E-state index in [1.807, 2.05) is 24.8 Å². The van der Waals surface area contributed by atoms with Crippen LogP contribution in [0.1, 0.15) is 57.5 Å². The van der Waals surface area contributed by atoms with Gasteiger partial charge in [0.2, 0.25) is 0 Å². The average Bonchev–Trinajstić information content (AvgIpc) is 2.74. The number of likely N-dealkylation sites (tertiary alicyclic amines) is 1. The first kappa shape index (κ1) is 19.2. The van der Waals surface area contributed by atoms with Gasteiger partial charge in [-0.05, 0) is 56.4 Å². The van der Waals surface area contributed by atoms with Crippen molar-refractivity contribution in [2.45, 2.75) is 39.0 Å². The fourth-order valence-corrected chi connectivity index (χ4v) is 3.98. The molecule has 148 valence electrons. The molecule has 2 aromatic heterocycles. The second-order valence-electron chi connectivity index (χ2n) is 7.84. The summed E-state index contributed by atoms with van der Waals surface area (Å²) in [6, 6.07) is 14.9. The summed E-state index contributed by atoms with van der Waals surface area (Å²) in [6.45, 7) is 5.35. The predicted octanol–water partition coefficient (Wildman–Crippen LogP) is 4.10. The van der Waals surface area contributed by atoms with E-state index < -0.39 is 0 Å². The quantitative estimate of drug-likeness (QED) is 0.677. The lowest BCUT2D eigenvalue weighted by molar-refractivity contribution is 0.0699. The first-order valence-electron chi connectivity index (χ1n) is 10.2. The van der Waals surface area contributed by atoms with Gasteiger partial charge in [0.15, 0.2) is 0 Å². The van der Waals surface area contributed by atoms with E-state index in [2.05, 4.69) is 46.4 Å². The second-order valence-corrected chi connectivity index (χ2v) is 7.84. The topological polar surface area (TPSA) is 59.0 Å². The van der Waals surface area contributed by atoms with Crippen LogP contribution in [0.3, 0.4) is 0 Å². The Bertz CT molecular complexity index is 986. The van der Waals surface area contributed by atoms with Crippen molar-refractivity contribution in [3.8, 4) is 0 Å². The molecule has 3 aromatic rings. The van der Waals surface area contributed by atoms with Gasteiger partial charge >= 0.3 is 0 Å². The molecule has 29 heavy (non-hydrogen) atoms. The molecule has 0 radical (unpaired) electrons. The van der Waals surface area contributed by atoms with E-state index in [9.17, 15) is 4.79 Å². The Morgan fingerprint density at radius 3 is 2.62 bits per heavy atom. The van der Waals surface area contributed by atoms with Crippen LogP contribution in [0, 0.1) is 13.8 Å². The van der Waals surface area contributed by atoms with Gasteiger partial charge in [0, 0.05) is 36.6 Å². The number of nitrogens with zero attached hydrogens (tertiary/aromatic N) is 4. The molecule has 1 aliphatic rings. The molecular weight excluding hydrogens is 360 g/mol. The highest BCUT2D eigenvalue weighted by Crippen LogP contribution is 2.28. The van der Waals surface area contributed by atoms with Crippen LogP contribution in [0.2, 0.25) is 0 Å². The summed E-state index contributed by atoms with van der Waals surface area (Å²) < 4.78 is 0. The summed E-state index contributed by atoms with van der Waals surface area (Å²) >= 11 is 0. The van der Waals surface area contributed by atoms with Crippen LogP contribution >= 0.6 is 0 Å². The third-order valence-corrected chi connectivity index (χ3v) is 5.41. The number of hydrogen-bond acceptors (Lipinski definition) is 4. The van der Waals surface area contributed by atoms with Crippen molar-refractivity contribution >= 4 is 5.91 Å². The monoisotopic (exact) mass is 386 g/mol. The van der Waals surface area contributed by atoms with Gasteiger partial charge in [0.1, 0.15) is 5.69 Å². The molecule has 1 aliphatic heterocycles. The van der Waals surface area contributed by atoms with Gasteiger partial charge in [-0.2, -0.15) is 0 Å². The summed E-state index contributed by atoms with van der Waals surface area (Å²) in [5.41, 5.74) is 5.91. The van der Waals surface area contributed by atoms with E-state index in [0.29, 0.717) is 12.2 Å². The van der Waals surface area contributed by atoms with Gasteiger partial charge in [0.25, 0.3) is 5.91 Å². The first-order chi connectivity index (χ1) is 14.1. The van der Waals surface area contributed by atoms with E-state index in [1.54, 1.807) is 12.4 Å². The van der Waals surface area contributed by atoms with Gasteiger partial charge in [-0.1, -0.05) is 30.3 Å². The molecule has 0 aliphatic carbocycles. The zero-order valence-electron chi connectivity index (χ0n) is 17.0. The molecule has 1 amide bonds. The minimum Gasteiger partial charge on any atom is -0.337 e. The lowest BCUT2D eigenvalue weighted by Crippen LogP contribution is -2.39. The zero-order chi connectivity index (χ0) is 20.2. The minimum absolute atomic E-state index is 0.0423. The van der Waals surface area contributed by atoms with Gasteiger partial charge < -0.3 is 4.90 Å². The van der Waals surface area contributed by atoms with Gasteiger partial charge in [-0.15, -0.1) is 0 Å². The fourth-order valence-electron chi connectivity index (χ4n) is 3.98. The van der Waals surface area contributed by atoms with E-state index in [0.717, 1.165) is 42.9 Å². The molecule has 1 saturated heterocycles. The van der Waals surface area contributed by atoms with Gasteiger partial charge in [-0.25, -0.2) is 4.98 Å². The molecule has 1 atom stereocenters. The molecule has 0 unspecified atom stereocenters. The van der Waals surface area contributed by atoms with E-state index in [-0.39, 0.29) is 11.8 Å². The van der Waals surface area contributed by atoms with Crippen LogP contribution in [-0.4, -0.2) is 38.8 Å². The van der Waals surface area contributed by atoms with Crippen LogP contribution < -0.4 is 0 Å². The molecule has 3 heterocycles. The Balaban J connectivity index is 1.52. The maximum absolute atomic E-state index is 12.9. The molecule has 0 saturated carbocycles. The van der Waals surface area contributed by atoms with Crippen molar-refractivity contribution in [1.82, 2.24) is 19.9 Å². The molecule has 5 nitrogen and oxygen atoms in total. The maximum atomic E-state index is 12.9. The number of carbonyl (C=O) groups excluding carboxylic acids is 1. The first-order valence-corrected chi connectivity index (χ1v) is 10.2. The molecule has 5 heteroatoms. The van der Waals surface area contributed by atoms with Crippen molar-refractivity contribution in [2.75, 3.05) is 13.1 Å². The lowest BCUT2D eigenvalue weighted by atomic mass is 9.92. The highest BCUT2D eigenvalue weighted by molar-refractivity contribution is 5.92. The summed E-state index contributed by atoms with van der Waals surface area (Å²) in [5, 5.41) is 0. The minimum atomic E-state index is -0.0423. The summed E-state index contributed by atoms with van der Waals surface area (Å²) in [6.07, 6.45) is 6.13. The van der Waals surface area contributed by atoms with Crippen molar-refractivity contribution in [3.05, 3.63) is 88.8 Å². The third-order valence-electron chi connectivity index (χ3n) is 5.41. The number of pyridine rings is 1. The van der Waals surface area contributed by atoms with Crippen molar-refractivity contribution in [1.29, 1.82) is 0 Å². The smallest absolute Gasteiger partial charge is 0.274 e. The average molecular weight is 386 g/mol. The summed E-state index contributed by atoms with van der Waals surface area (Å²) in [5.74, 6) is 0.208. The number of amides is 1. The number of aryl methyl sites for hydroxylation is 2. The molecule has 0 bridgehead atoms. The van der Waals surface area contributed by atoms with E-state index in [1.165, 1.54) is 11.1 Å². The standard InChI is InChI=1S/C24H26N4O/c1-17-11-20(12-19-7-4-3-5-8-19)13-22(27-17)21-9-6-10-28(16-21)24(29)23-15-25-18(2)14-26-23/h3-5,7-8,11,13-15,21H,6,9-10,12,16H2,1-2H3/t21-/m1/s1. The van der Waals surface area contributed by atoms with Crippen molar-refractivity contribution in [2.24, 2.45) is 0 Å². The lowest BCUT2D eigenvalue weighted by Gasteiger charge is -2.32. The Hall–Kier alpha value is -3.08. The van der Waals surface area contributed by atoms with Crippen LogP contribution in [0.4, 0.5) is 0 Å². The van der Waals surface area contributed by atoms with Crippen LogP contribution in [-0.2, 0) is 6.42 Å². The molecule has 1 aromatic carbocycles. The number of carbonyl (C=O) groups is 1. The Morgan fingerprint density at radius 2 is 1.86 bits per heavy atom. The number of hydrogen-bond donors (Lipinski definition) is 0. The van der Waals surface area contributed by atoms with Gasteiger partial charge in [0.05, 0.1) is 11.9 Å². The SMILES string of the molecule is Cc1cnc(C(=O)N2CCC[C@@H](c3cc(Cc4ccccc4)cc(C)n3)C2)cn1. The number of piperidine rings is 1. The Kier molecular flexibility index (Phi) is 5.65. The fraction of sp³-hybridized carbons (Fsp3) is 0.333.